The molecule has 0 aliphatic carbocycles. The molecule has 72 valence electrons. The summed E-state index contributed by atoms with van der Waals surface area (Å²) in [7, 11) is 0. The molecule has 0 amide bonds. The maximum atomic E-state index is 10.5. The fourth-order valence-electron chi connectivity index (χ4n) is 1.33. The number of unbranched alkanes of at least 4 members (excludes halogenated alkanes) is 3. The van der Waals surface area contributed by atoms with Gasteiger partial charge in [0.1, 0.15) is 6.29 Å². The van der Waals surface area contributed by atoms with Crippen molar-refractivity contribution < 1.29 is 4.79 Å². The van der Waals surface area contributed by atoms with Crippen molar-refractivity contribution >= 4 is 6.29 Å². The Morgan fingerprint density at radius 3 is 2.50 bits per heavy atom. The van der Waals surface area contributed by atoms with Crippen LogP contribution in [0.4, 0.5) is 0 Å². The van der Waals surface area contributed by atoms with Crippen LogP contribution in [0.25, 0.3) is 0 Å². The highest BCUT2D eigenvalue weighted by atomic mass is 16.1. The molecule has 0 aliphatic heterocycles. The molecule has 0 fully saturated rings. The molecule has 12 heavy (non-hydrogen) atoms. The second kappa shape index (κ2) is 8.72. The van der Waals surface area contributed by atoms with Crippen LogP contribution in [0.2, 0.25) is 0 Å². The zero-order chi connectivity index (χ0) is 9.23. The lowest BCUT2D eigenvalue weighted by atomic mass is 9.99. The molecule has 2 heteroatoms. The van der Waals surface area contributed by atoms with Crippen molar-refractivity contribution in [2.75, 3.05) is 6.54 Å². The lowest BCUT2D eigenvalue weighted by Crippen LogP contribution is -2.09. The number of hydrogen-bond acceptors (Lipinski definition) is 2. The molecule has 0 radical (unpaired) electrons. The van der Waals surface area contributed by atoms with Gasteiger partial charge in [0.05, 0.1) is 0 Å². The van der Waals surface area contributed by atoms with Gasteiger partial charge in [0.2, 0.25) is 0 Å². The minimum Gasteiger partial charge on any atom is -0.330 e. The summed E-state index contributed by atoms with van der Waals surface area (Å²) >= 11 is 0. The first-order valence-electron chi connectivity index (χ1n) is 5.00. The molecule has 1 unspecified atom stereocenters. The maximum absolute atomic E-state index is 10.5. The molecule has 0 saturated carbocycles. The van der Waals surface area contributed by atoms with Crippen LogP contribution in [0, 0.1) is 5.92 Å². The van der Waals surface area contributed by atoms with Crippen LogP contribution in [0.5, 0.6) is 0 Å². The molecule has 0 spiro atoms. The summed E-state index contributed by atoms with van der Waals surface area (Å²) in [5.74, 6) is 0.215. The Balaban J connectivity index is 3.25. The van der Waals surface area contributed by atoms with E-state index in [2.05, 4.69) is 6.92 Å². The van der Waals surface area contributed by atoms with Crippen molar-refractivity contribution in [1.82, 2.24) is 0 Å². The Hall–Kier alpha value is -0.370. The SMILES string of the molecule is CCCCCCC(C=O)CCN. The smallest absolute Gasteiger partial charge is 0.123 e. The third-order valence-electron chi connectivity index (χ3n) is 2.16. The predicted octanol–water partition coefficient (Wildman–Crippen LogP) is 2.12. The van der Waals surface area contributed by atoms with Gasteiger partial charge in [-0.25, -0.2) is 0 Å². The first kappa shape index (κ1) is 11.6. The quantitative estimate of drug-likeness (QED) is 0.449. The third kappa shape index (κ3) is 6.35. The van der Waals surface area contributed by atoms with E-state index in [9.17, 15) is 4.79 Å². The minimum absolute atomic E-state index is 0.215. The van der Waals surface area contributed by atoms with E-state index in [1.807, 2.05) is 0 Å². The largest absolute Gasteiger partial charge is 0.330 e. The second-order valence-corrected chi connectivity index (χ2v) is 3.32. The molecule has 0 aliphatic rings. The van der Waals surface area contributed by atoms with E-state index in [0.717, 1.165) is 19.1 Å². The van der Waals surface area contributed by atoms with Gasteiger partial charge < -0.3 is 10.5 Å². The van der Waals surface area contributed by atoms with Crippen molar-refractivity contribution in [3.63, 3.8) is 0 Å². The molecule has 0 aromatic carbocycles. The predicted molar refractivity (Wildman–Crippen MR) is 52.0 cm³/mol. The first-order valence-corrected chi connectivity index (χ1v) is 5.00. The van der Waals surface area contributed by atoms with E-state index >= 15 is 0 Å². The monoisotopic (exact) mass is 171 g/mol. The highest BCUT2D eigenvalue weighted by Gasteiger charge is 2.04. The summed E-state index contributed by atoms with van der Waals surface area (Å²) in [6, 6.07) is 0. The van der Waals surface area contributed by atoms with Crippen molar-refractivity contribution in [3.8, 4) is 0 Å². The van der Waals surface area contributed by atoms with Crippen molar-refractivity contribution in [2.45, 2.75) is 45.4 Å². The fourth-order valence-corrected chi connectivity index (χ4v) is 1.33. The minimum atomic E-state index is 0.215. The summed E-state index contributed by atoms with van der Waals surface area (Å²) < 4.78 is 0. The molecule has 0 aromatic heterocycles. The molecule has 0 saturated heterocycles. The Kier molecular flexibility index (Phi) is 8.46. The van der Waals surface area contributed by atoms with Gasteiger partial charge in [-0.2, -0.15) is 0 Å². The number of carbonyl (C=O) groups excluding carboxylic acids is 1. The highest BCUT2D eigenvalue weighted by molar-refractivity contribution is 5.53. The Morgan fingerprint density at radius 2 is 2.00 bits per heavy atom. The Bertz CT molecular complexity index is 104. The van der Waals surface area contributed by atoms with E-state index in [0.29, 0.717) is 6.54 Å². The fraction of sp³-hybridized carbons (Fsp3) is 0.900. The second-order valence-electron chi connectivity index (χ2n) is 3.32. The summed E-state index contributed by atoms with van der Waals surface area (Å²) in [5.41, 5.74) is 5.38. The molecule has 2 N–H and O–H groups in total. The van der Waals surface area contributed by atoms with Gasteiger partial charge in [-0.1, -0.05) is 32.6 Å². The zero-order valence-corrected chi connectivity index (χ0v) is 8.09. The van der Waals surface area contributed by atoms with Crippen molar-refractivity contribution in [2.24, 2.45) is 11.7 Å². The van der Waals surface area contributed by atoms with Gasteiger partial charge in [0.15, 0.2) is 0 Å². The number of hydrogen-bond donors (Lipinski definition) is 1. The average molecular weight is 171 g/mol. The van der Waals surface area contributed by atoms with Crippen LogP contribution in [-0.4, -0.2) is 12.8 Å². The van der Waals surface area contributed by atoms with Crippen LogP contribution < -0.4 is 5.73 Å². The molecular formula is C10H21NO. The molecule has 0 heterocycles. The standard InChI is InChI=1S/C10H21NO/c1-2-3-4-5-6-10(9-12)7-8-11/h9-10H,2-8,11H2,1H3. The van der Waals surface area contributed by atoms with Gasteiger partial charge in [-0.3, -0.25) is 0 Å². The molecular weight excluding hydrogens is 150 g/mol. The average Bonchev–Trinajstić information content (AvgIpc) is 2.10. The Morgan fingerprint density at radius 1 is 1.25 bits per heavy atom. The summed E-state index contributed by atoms with van der Waals surface area (Å²) in [6.45, 7) is 2.83. The van der Waals surface area contributed by atoms with Gasteiger partial charge in [0, 0.05) is 5.92 Å². The molecule has 1 atom stereocenters. The number of aldehydes is 1. The number of nitrogens with two attached hydrogens (primary N) is 1. The number of rotatable bonds is 8. The van der Waals surface area contributed by atoms with Crippen LogP contribution in [0.15, 0.2) is 0 Å². The molecule has 2 nitrogen and oxygen atoms in total. The van der Waals surface area contributed by atoms with E-state index in [4.69, 9.17) is 5.73 Å². The third-order valence-corrected chi connectivity index (χ3v) is 2.16. The van der Waals surface area contributed by atoms with E-state index in [1.54, 1.807) is 0 Å². The lowest BCUT2D eigenvalue weighted by molar-refractivity contribution is -0.111. The van der Waals surface area contributed by atoms with E-state index < -0.39 is 0 Å². The van der Waals surface area contributed by atoms with Crippen LogP contribution in [0.1, 0.15) is 45.4 Å². The van der Waals surface area contributed by atoms with Crippen molar-refractivity contribution in [1.29, 1.82) is 0 Å². The van der Waals surface area contributed by atoms with Crippen LogP contribution in [0.3, 0.4) is 0 Å². The molecule has 0 aromatic rings. The van der Waals surface area contributed by atoms with Crippen molar-refractivity contribution in [3.05, 3.63) is 0 Å². The van der Waals surface area contributed by atoms with Gasteiger partial charge >= 0.3 is 0 Å². The first-order chi connectivity index (χ1) is 5.85. The summed E-state index contributed by atoms with van der Waals surface area (Å²) in [5, 5.41) is 0. The zero-order valence-electron chi connectivity index (χ0n) is 8.09. The topological polar surface area (TPSA) is 43.1 Å². The van der Waals surface area contributed by atoms with Crippen LogP contribution in [-0.2, 0) is 4.79 Å². The van der Waals surface area contributed by atoms with Gasteiger partial charge in [-0.05, 0) is 19.4 Å². The van der Waals surface area contributed by atoms with Gasteiger partial charge in [0.25, 0.3) is 0 Å². The molecule has 0 bridgehead atoms. The summed E-state index contributed by atoms with van der Waals surface area (Å²) in [6.07, 6.45) is 7.91. The summed E-state index contributed by atoms with van der Waals surface area (Å²) in [4.78, 5) is 10.5. The van der Waals surface area contributed by atoms with E-state index in [-0.39, 0.29) is 5.92 Å². The van der Waals surface area contributed by atoms with Gasteiger partial charge in [-0.15, -0.1) is 0 Å². The number of carbonyl (C=O) groups is 1. The lowest BCUT2D eigenvalue weighted by Gasteiger charge is -2.07. The molecule has 0 rings (SSSR count). The highest BCUT2D eigenvalue weighted by Crippen LogP contribution is 2.11. The van der Waals surface area contributed by atoms with E-state index in [1.165, 1.54) is 25.7 Å². The maximum Gasteiger partial charge on any atom is 0.123 e. The Labute approximate surface area is 75.5 Å². The normalized spacial score (nSPS) is 12.8. The van der Waals surface area contributed by atoms with Crippen LogP contribution >= 0.6 is 0 Å².